The molecule has 2 aromatic carbocycles. The topological polar surface area (TPSA) is 96.0 Å². The van der Waals surface area contributed by atoms with Gasteiger partial charge in [0.25, 0.3) is 5.91 Å². The number of rotatable bonds is 5. The fourth-order valence-corrected chi connectivity index (χ4v) is 5.10. The molecule has 2 amide bonds. The summed E-state index contributed by atoms with van der Waals surface area (Å²) in [6, 6.07) is 13.1. The zero-order valence-corrected chi connectivity index (χ0v) is 18.2. The molecule has 2 aliphatic heterocycles. The third-order valence-corrected chi connectivity index (χ3v) is 7.24. The predicted molar refractivity (Wildman–Crippen MR) is 119 cm³/mol. The van der Waals surface area contributed by atoms with Crippen LogP contribution in [0.25, 0.3) is 0 Å². The average molecular weight is 454 g/mol. The van der Waals surface area contributed by atoms with Crippen molar-refractivity contribution in [3.63, 3.8) is 0 Å². The first-order chi connectivity index (χ1) is 15.4. The number of nitrogens with one attached hydrogen (secondary N) is 1. The van der Waals surface area contributed by atoms with Gasteiger partial charge in [0.2, 0.25) is 10.0 Å². The minimum atomic E-state index is -3.49. The molecule has 166 valence electrons. The Morgan fingerprint density at radius 2 is 1.69 bits per heavy atom. The van der Waals surface area contributed by atoms with E-state index in [0.29, 0.717) is 31.8 Å². The molecule has 0 spiro atoms. The van der Waals surface area contributed by atoms with E-state index in [1.165, 1.54) is 28.6 Å². The standard InChI is InChI=1S/C23H23N3O5S/c27-22(19-7-11-21(12-8-19)32(29,30)25-14-1-2-15-25)24-13-3-4-18-5-9-20(10-6-18)26-16-17-31-23(26)28/h5-12H,1-2,13-17H2,(H,24,27). The van der Waals surface area contributed by atoms with Crippen LogP contribution in [0, 0.1) is 11.8 Å². The average Bonchev–Trinajstić information content (AvgIpc) is 3.50. The van der Waals surface area contributed by atoms with E-state index >= 15 is 0 Å². The largest absolute Gasteiger partial charge is 0.447 e. The highest BCUT2D eigenvalue weighted by atomic mass is 32.2. The summed E-state index contributed by atoms with van der Waals surface area (Å²) in [6.45, 7) is 2.14. The molecule has 32 heavy (non-hydrogen) atoms. The molecule has 1 N–H and O–H groups in total. The molecule has 4 rings (SSSR count). The quantitative estimate of drug-likeness (QED) is 0.701. The second kappa shape index (κ2) is 9.42. The van der Waals surface area contributed by atoms with Crippen LogP contribution < -0.4 is 10.2 Å². The van der Waals surface area contributed by atoms with Crippen LogP contribution in [0.2, 0.25) is 0 Å². The number of ether oxygens (including phenoxy) is 1. The summed E-state index contributed by atoms with van der Waals surface area (Å²) in [7, 11) is -3.49. The van der Waals surface area contributed by atoms with Gasteiger partial charge in [-0.1, -0.05) is 11.8 Å². The Bertz CT molecular complexity index is 1160. The highest BCUT2D eigenvalue weighted by molar-refractivity contribution is 7.89. The summed E-state index contributed by atoms with van der Waals surface area (Å²) in [5, 5.41) is 2.70. The van der Waals surface area contributed by atoms with Crippen molar-refractivity contribution in [2.45, 2.75) is 17.7 Å². The van der Waals surface area contributed by atoms with E-state index in [-0.39, 0.29) is 23.4 Å². The summed E-state index contributed by atoms with van der Waals surface area (Å²) in [5.41, 5.74) is 1.88. The fourth-order valence-electron chi connectivity index (χ4n) is 3.58. The third-order valence-electron chi connectivity index (χ3n) is 5.33. The molecule has 8 nitrogen and oxygen atoms in total. The Hall–Kier alpha value is -3.35. The number of carbonyl (C=O) groups excluding carboxylic acids is 2. The van der Waals surface area contributed by atoms with E-state index in [0.717, 1.165) is 24.1 Å². The van der Waals surface area contributed by atoms with Crippen LogP contribution in [0.3, 0.4) is 0 Å². The van der Waals surface area contributed by atoms with Gasteiger partial charge in [-0.25, -0.2) is 13.2 Å². The number of sulfonamides is 1. The smallest absolute Gasteiger partial charge is 0.414 e. The van der Waals surface area contributed by atoms with Crippen LogP contribution in [0.15, 0.2) is 53.4 Å². The lowest BCUT2D eigenvalue weighted by atomic mass is 10.2. The summed E-state index contributed by atoms with van der Waals surface area (Å²) >= 11 is 0. The molecule has 0 bridgehead atoms. The zero-order valence-electron chi connectivity index (χ0n) is 17.4. The number of anilines is 1. The van der Waals surface area contributed by atoms with Crippen molar-refractivity contribution in [2.75, 3.05) is 37.7 Å². The molecule has 2 saturated heterocycles. The monoisotopic (exact) mass is 453 g/mol. The first-order valence-corrected chi connectivity index (χ1v) is 11.8. The number of hydrogen-bond acceptors (Lipinski definition) is 5. The van der Waals surface area contributed by atoms with Gasteiger partial charge in [-0.3, -0.25) is 9.69 Å². The van der Waals surface area contributed by atoms with Crippen molar-refractivity contribution in [1.82, 2.24) is 9.62 Å². The zero-order chi connectivity index (χ0) is 22.6. The molecule has 9 heteroatoms. The van der Waals surface area contributed by atoms with Crippen molar-refractivity contribution in [3.8, 4) is 11.8 Å². The molecule has 2 aromatic rings. The van der Waals surface area contributed by atoms with E-state index in [9.17, 15) is 18.0 Å². The number of hydrogen-bond donors (Lipinski definition) is 1. The maximum atomic E-state index is 12.6. The van der Waals surface area contributed by atoms with Gasteiger partial charge in [0, 0.05) is 29.9 Å². The third kappa shape index (κ3) is 4.77. The predicted octanol–water partition coefficient (Wildman–Crippen LogP) is 2.21. The Labute approximate surface area is 187 Å². The van der Waals surface area contributed by atoms with E-state index in [1.54, 1.807) is 29.2 Å². The first kappa shape index (κ1) is 21.9. The van der Waals surface area contributed by atoms with Gasteiger partial charge >= 0.3 is 6.09 Å². The Morgan fingerprint density at radius 1 is 1.00 bits per heavy atom. The lowest BCUT2D eigenvalue weighted by Crippen LogP contribution is -2.28. The van der Waals surface area contributed by atoms with Crippen molar-refractivity contribution >= 4 is 27.7 Å². The normalized spacial score (nSPS) is 16.4. The summed E-state index contributed by atoms with van der Waals surface area (Å²) in [6.07, 6.45) is 1.39. The first-order valence-electron chi connectivity index (χ1n) is 10.4. The highest BCUT2D eigenvalue weighted by Gasteiger charge is 2.27. The number of carbonyl (C=O) groups is 2. The van der Waals surface area contributed by atoms with Crippen LogP contribution in [-0.2, 0) is 14.8 Å². The number of cyclic esters (lactones) is 1. The van der Waals surface area contributed by atoms with Crippen LogP contribution in [0.1, 0.15) is 28.8 Å². The van der Waals surface area contributed by atoms with Gasteiger partial charge in [-0.2, -0.15) is 4.31 Å². The van der Waals surface area contributed by atoms with Crippen LogP contribution in [0.5, 0.6) is 0 Å². The van der Waals surface area contributed by atoms with Gasteiger partial charge < -0.3 is 10.1 Å². The second-order valence-corrected chi connectivity index (χ2v) is 9.37. The maximum absolute atomic E-state index is 12.6. The molecular formula is C23H23N3O5S. The molecule has 2 aliphatic rings. The molecule has 2 heterocycles. The van der Waals surface area contributed by atoms with E-state index < -0.39 is 10.0 Å². The van der Waals surface area contributed by atoms with Gasteiger partial charge in [0.05, 0.1) is 18.0 Å². The second-order valence-electron chi connectivity index (χ2n) is 7.43. The van der Waals surface area contributed by atoms with E-state index in [2.05, 4.69) is 17.2 Å². The summed E-state index contributed by atoms with van der Waals surface area (Å²) in [4.78, 5) is 25.6. The van der Waals surface area contributed by atoms with Crippen molar-refractivity contribution in [2.24, 2.45) is 0 Å². The lowest BCUT2D eigenvalue weighted by molar-refractivity contribution is 0.0958. The minimum absolute atomic E-state index is 0.146. The minimum Gasteiger partial charge on any atom is -0.447 e. The fraction of sp³-hybridized carbons (Fsp3) is 0.304. The van der Waals surface area contributed by atoms with Gasteiger partial charge in [-0.15, -0.1) is 0 Å². The van der Waals surface area contributed by atoms with Crippen molar-refractivity contribution < 1.29 is 22.7 Å². The van der Waals surface area contributed by atoms with Crippen molar-refractivity contribution in [3.05, 3.63) is 59.7 Å². The molecular weight excluding hydrogens is 430 g/mol. The Kier molecular flexibility index (Phi) is 6.44. The molecule has 0 aliphatic carbocycles. The van der Waals surface area contributed by atoms with Crippen molar-refractivity contribution in [1.29, 1.82) is 0 Å². The molecule has 0 atom stereocenters. The molecule has 0 unspecified atom stereocenters. The van der Waals surface area contributed by atoms with E-state index in [4.69, 9.17) is 4.74 Å². The number of amides is 2. The molecule has 0 saturated carbocycles. The van der Waals surface area contributed by atoms with Crippen LogP contribution in [0.4, 0.5) is 10.5 Å². The van der Waals surface area contributed by atoms with Crippen LogP contribution >= 0.6 is 0 Å². The van der Waals surface area contributed by atoms with Gasteiger partial charge in [0.15, 0.2) is 0 Å². The summed E-state index contributed by atoms with van der Waals surface area (Å²) in [5.74, 6) is 5.51. The Balaban J connectivity index is 1.31. The van der Waals surface area contributed by atoms with Gasteiger partial charge in [0.1, 0.15) is 6.61 Å². The number of benzene rings is 2. The van der Waals surface area contributed by atoms with Gasteiger partial charge in [-0.05, 0) is 61.4 Å². The maximum Gasteiger partial charge on any atom is 0.414 e. The Morgan fingerprint density at radius 3 is 2.31 bits per heavy atom. The van der Waals surface area contributed by atoms with E-state index in [1.807, 2.05) is 0 Å². The lowest BCUT2D eigenvalue weighted by Gasteiger charge is -2.15. The molecule has 0 aromatic heterocycles. The molecule has 2 fully saturated rings. The highest BCUT2D eigenvalue weighted by Crippen LogP contribution is 2.21. The summed E-state index contributed by atoms with van der Waals surface area (Å²) < 4.78 is 31.5. The SMILES string of the molecule is O=C(NCC#Cc1ccc(N2CCOC2=O)cc1)c1ccc(S(=O)(=O)N2CCCC2)cc1. The number of nitrogens with zero attached hydrogens (tertiary/aromatic N) is 2. The van der Waals surface area contributed by atoms with Crippen LogP contribution in [-0.4, -0.2) is 57.5 Å². The molecule has 0 radical (unpaired) electrons.